The maximum absolute atomic E-state index is 13.2. The van der Waals surface area contributed by atoms with Gasteiger partial charge in [-0.05, 0) is 43.5 Å². The molecule has 2 aromatic rings. The van der Waals surface area contributed by atoms with Gasteiger partial charge >= 0.3 is 0 Å². The first-order chi connectivity index (χ1) is 13.2. The Morgan fingerprint density at radius 2 is 1.74 bits per heavy atom. The number of imide groups is 1. The molecule has 0 aliphatic carbocycles. The van der Waals surface area contributed by atoms with E-state index in [1.165, 1.54) is 0 Å². The van der Waals surface area contributed by atoms with E-state index >= 15 is 0 Å². The molecule has 1 atom stereocenters. The smallest absolute Gasteiger partial charge is 0.271 e. The summed E-state index contributed by atoms with van der Waals surface area (Å²) in [6.45, 7) is 0.261. The highest BCUT2D eigenvalue weighted by Gasteiger charge is 2.42. The average molecular weight is 364 g/mol. The first-order valence-electron chi connectivity index (χ1n) is 9.11. The van der Waals surface area contributed by atoms with Crippen LogP contribution in [0.3, 0.4) is 0 Å². The third-order valence-corrected chi connectivity index (χ3v) is 5.00. The predicted molar refractivity (Wildman–Crippen MR) is 99.5 cm³/mol. The quantitative estimate of drug-likeness (QED) is 0.840. The molecule has 1 unspecified atom stereocenters. The number of anilines is 1. The van der Waals surface area contributed by atoms with Gasteiger partial charge in [-0.2, -0.15) is 0 Å². The van der Waals surface area contributed by atoms with E-state index in [9.17, 15) is 14.4 Å². The second-order valence-corrected chi connectivity index (χ2v) is 6.70. The van der Waals surface area contributed by atoms with E-state index < -0.39 is 11.9 Å². The molecule has 1 saturated heterocycles. The molecule has 2 aromatic carbocycles. The zero-order valence-corrected chi connectivity index (χ0v) is 14.8. The summed E-state index contributed by atoms with van der Waals surface area (Å²) in [5.74, 6) is -0.467. The molecule has 27 heavy (non-hydrogen) atoms. The van der Waals surface area contributed by atoms with Crippen LogP contribution >= 0.6 is 0 Å². The molecule has 2 aliphatic rings. The molecule has 138 valence electrons. The number of rotatable bonds is 3. The Kier molecular flexibility index (Phi) is 4.62. The second-order valence-electron chi connectivity index (χ2n) is 6.70. The van der Waals surface area contributed by atoms with Crippen LogP contribution in [0.4, 0.5) is 5.69 Å². The molecule has 2 aliphatic heterocycles. The zero-order chi connectivity index (χ0) is 18.8. The number of nitrogens with zero attached hydrogens (tertiary/aromatic N) is 2. The van der Waals surface area contributed by atoms with Crippen LogP contribution < -0.4 is 9.64 Å². The van der Waals surface area contributed by atoms with Crippen LogP contribution in [0.2, 0.25) is 0 Å². The van der Waals surface area contributed by atoms with Crippen molar-refractivity contribution in [2.24, 2.45) is 0 Å². The van der Waals surface area contributed by atoms with Gasteiger partial charge in [0.15, 0.2) is 6.61 Å². The van der Waals surface area contributed by atoms with E-state index in [2.05, 4.69) is 0 Å². The number of carbonyl (C=O) groups is 3. The molecule has 0 radical (unpaired) electrons. The van der Waals surface area contributed by atoms with Gasteiger partial charge in [-0.25, -0.2) is 4.90 Å². The number of para-hydroxylation sites is 2. The molecule has 6 heteroatoms. The number of benzene rings is 2. The van der Waals surface area contributed by atoms with Crippen molar-refractivity contribution in [1.82, 2.24) is 4.90 Å². The molecule has 1 fully saturated rings. The number of hydrogen-bond acceptors (Lipinski definition) is 4. The summed E-state index contributed by atoms with van der Waals surface area (Å²) in [5.41, 5.74) is 0.715. The van der Waals surface area contributed by atoms with Gasteiger partial charge in [0.1, 0.15) is 11.8 Å². The van der Waals surface area contributed by atoms with E-state index in [1.807, 2.05) is 18.2 Å². The maximum Gasteiger partial charge on any atom is 0.271 e. The lowest BCUT2D eigenvalue weighted by molar-refractivity contribution is -0.130. The Hall–Kier alpha value is -3.15. The van der Waals surface area contributed by atoms with Crippen LogP contribution in [-0.4, -0.2) is 41.8 Å². The third-order valence-electron chi connectivity index (χ3n) is 5.00. The molecule has 2 heterocycles. The Morgan fingerprint density at radius 3 is 2.56 bits per heavy atom. The maximum atomic E-state index is 13.2. The summed E-state index contributed by atoms with van der Waals surface area (Å²) in [7, 11) is 0. The average Bonchev–Trinajstić information content (AvgIpc) is 2.81. The molecule has 0 N–H and O–H groups in total. The number of carbonyl (C=O) groups excluding carboxylic acids is 3. The molecule has 0 aromatic heterocycles. The lowest BCUT2D eigenvalue weighted by Gasteiger charge is -2.33. The van der Waals surface area contributed by atoms with Gasteiger partial charge < -0.3 is 9.64 Å². The predicted octanol–water partition coefficient (Wildman–Crippen LogP) is 2.63. The van der Waals surface area contributed by atoms with Crippen LogP contribution in [0.25, 0.3) is 0 Å². The fourth-order valence-electron chi connectivity index (χ4n) is 3.69. The number of amides is 3. The number of hydrogen-bond donors (Lipinski definition) is 0. The lowest BCUT2D eigenvalue weighted by atomic mass is 10.0. The number of fused-ring (bicyclic) bond motifs is 2. The summed E-state index contributed by atoms with van der Waals surface area (Å²) in [6.07, 6.45) is 2.30. The highest BCUT2D eigenvalue weighted by atomic mass is 16.5. The Balaban J connectivity index is 1.67. The van der Waals surface area contributed by atoms with Gasteiger partial charge in [-0.3, -0.25) is 14.4 Å². The van der Waals surface area contributed by atoms with Crippen LogP contribution in [0.5, 0.6) is 5.75 Å². The minimum atomic E-state index is -0.598. The van der Waals surface area contributed by atoms with Crippen molar-refractivity contribution in [3.8, 4) is 5.75 Å². The molecule has 0 saturated carbocycles. The number of ether oxygens (including phenoxy) is 1. The van der Waals surface area contributed by atoms with Crippen LogP contribution in [-0.2, 0) is 9.59 Å². The topological polar surface area (TPSA) is 66.9 Å². The minimum Gasteiger partial charge on any atom is -0.484 e. The highest BCUT2D eigenvalue weighted by Crippen LogP contribution is 2.32. The third kappa shape index (κ3) is 3.18. The fraction of sp³-hybridized carbons (Fsp3) is 0.286. The first kappa shape index (κ1) is 17.3. The van der Waals surface area contributed by atoms with Crippen molar-refractivity contribution in [2.75, 3.05) is 18.1 Å². The van der Waals surface area contributed by atoms with E-state index in [0.29, 0.717) is 30.0 Å². The van der Waals surface area contributed by atoms with E-state index in [4.69, 9.17) is 4.74 Å². The summed E-state index contributed by atoms with van der Waals surface area (Å²) in [6, 6.07) is 15.2. The highest BCUT2D eigenvalue weighted by molar-refractivity contribution is 6.22. The summed E-state index contributed by atoms with van der Waals surface area (Å²) in [4.78, 5) is 41.8. The monoisotopic (exact) mass is 364 g/mol. The van der Waals surface area contributed by atoms with Gasteiger partial charge in [-0.15, -0.1) is 0 Å². The van der Waals surface area contributed by atoms with Crippen LogP contribution in [0.15, 0.2) is 54.6 Å². The standard InChI is InChI=1S/C21H20N2O4/c24-19(14-27-15-8-2-1-3-9-15)23-17-11-5-4-10-16(17)20(25)22-13-7-6-12-18(22)21(23)26/h1-5,8-11,18H,6-7,12-14H2. The fourth-order valence-corrected chi connectivity index (χ4v) is 3.69. The van der Waals surface area contributed by atoms with E-state index in [0.717, 1.165) is 17.7 Å². The van der Waals surface area contributed by atoms with Crippen LogP contribution in [0, 0.1) is 0 Å². The SMILES string of the molecule is O=C(COc1ccccc1)N1C(=O)C2CCCCN2C(=O)c2ccccc21. The molecular formula is C21H20N2O4. The zero-order valence-electron chi connectivity index (χ0n) is 14.8. The largest absolute Gasteiger partial charge is 0.484 e. The molecule has 3 amide bonds. The van der Waals surface area contributed by atoms with Crippen molar-refractivity contribution in [3.05, 3.63) is 60.2 Å². The second kappa shape index (κ2) is 7.23. The van der Waals surface area contributed by atoms with Gasteiger partial charge in [0.2, 0.25) is 0 Å². The van der Waals surface area contributed by atoms with E-state index in [1.54, 1.807) is 41.3 Å². The van der Waals surface area contributed by atoms with Crippen molar-refractivity contribution < 1.29 is 19.1 Å². The van der Waals surface area contributed by atoms with E-state index in [-0.39, 0.29) is 18.4 Å². The lowest BCUT2D eigenvalue weighted by Crippen LogP contribution is -2.52. The van der Waals surface area contributed by atoms with Gasteiger partial charge in [0.05, 0.1) is 11.3 Å². The molecule has 0 spiro atoms. The van der Waals surface area contributed by atoms with Gasteiger partial charge in [0.25, 0.3) is 17.7 Å². The summed E-state index contributed by atoms with van der Waals surface area (Å²) in [5, 5.41) is 0. The summed E-state index contributed by atoms with van der Waals surface area (Å²) >= 11 is 0. The van der Waals surface area contributed by atoms with Crippen molar-refractivity contribution in [1.29, 1.82) is 0 Å². The Morgan fingerprint density at radius 1 is 1.00 bits per heavy atom. The van der Waals surface area contributed by atoms with Crippen molar-refractivity contribution in [2.45, 2.75) is 25.3 Å². The van der Waals surface area contributed by atoms with Gasteiger partial charge in [0, 0.05) is 6.54 Å². The first-order valence-corrected chi connectivity index (χ1v) is 9.11. The molecule has 0 bridgehead atoms. The van der Waals surface area contributed by atoms with Crippen molar-refractivity contribution in [3.63, 3.8) is 0 Å². The molecule has 6 nitrogen and oxygen atoms in total. The molecular weight excluding hydrogens is 344 g/mol. The normalized spacial score (nSPS) is 19.2. The molecule has 4 rings (SSSR count). The minimum absolute atomic E-state index is 0.192. The Labute approximate surface area is 157 Å². The summed E-state index contributed by atoms with van der Waals surface area (Å²) < 4.78 is 5.55. The van der Waals surface area contributed by atoms with Gasteiger partial charge in [-0.1, -0.05) is 30.3 Å². The van der Waals surface area contributed by atoms with Crippen LogP contribution in [0.1, 0.15) is 29.6 Å². The van der Waals surface area contributed by atoms with Crippen molar-refractivity contribution >= 4 is 23.4 Å². The number of piperidine rings is 1. The Bertz CT molecular complexity index is 881.